The second kappa shape index (κ2) is 6.66. The Balaban J connectivity index is 1.81. The van der Waals surface area contributed by atoms with Crippen LogP contribution >= 0.6 is 0 Å². The Bertz CT molecular complexity index is 868. The fraction of sp³-hybridized carbons (Fsp3) is 0.211. The van der Waals surface area contributed by atoms with Gasteiger partial charge in [-0.25, -0.2) is 0 Å². The quantitative estimate of drug-likeness (QED) is 0.804. The number of nitrogens with zero attached hydrogens (tertiary/aromatic N) is 3. The van der Waals surface area contributed by atoms with E-state index in [1.54, 1.807) is 12.4 Å². The van der Waals surface area contributed by atoms with Gasteiger partial charge in [-0.15, -0.1) is 0 Å². The van der Waals surface area contributed by atoms with Gasteiger partial charge in [0.2, 0.25) is 0 Å². The Morgan fingerprint density at radius 2 is 2.04 bits per heavy atom. The molecular weight excluding hydrogens is 300 g/mol. The van der Waals surface area contributed by atoms with Gasteiger partial charge >= 0.3 is 0 Å². The van der Waals surface area contributed by atoms with E-state index in [2.05, 4.69) is 15.4 Å². The van der Waals surface area contributed by atoms with E-state index >= 15 is 0 Å². The average Bonchev–Trinajstić information content (AvgIpc) is 2.86. The Hall–Kier alpha value is -2.95. The average molecular weight is 320 g/mol. The third kappa shape index (κ3) is 3.20. The minimum atomic E-state index is -0.0973. The third-order valence-electron chi connectivity index (χ3n) is 4.10. The van der Waals surface area contributed by atoms with Crippen LogP contribution in [0.25, 0.3) is 11.1 Å². The fourth-order valence-corrected chi connectivity index (χ4v) is 2.79. The molecule has 2 heterocycles. The van der Waals surface area contributed by atoms with E-state index < -0.39 is 0 Å². The SMILES string of the molecule is Cc1nn(C)c(C)c1-c1cccc(C(=O)NCc2cccnc2)c1. The molecule has 0 aliphatic carbocycles. The van der Waals surface area contributed by atoms with Crippen molar-refractivity contribution in [3.63, 3.8) is 0 Å². The molecule has 1 amide bonds. The number of aryl methyl sites for hydroxylation is 2. The van der Waals surface area contributed by atoms with E-state index in [0.717, 1.165) is 28.1 Å². The van der Waals surface area contributed by atoms with Crippen molar-refractivity contribution in [1.82, 2.24) is 20.1 Å². The van der Waals surface area contributed by atoms with Crippen molar-refractivity contribution < 1.29 is 4.79 Å². The number of amides is 1. The molecule has 1 aromatic carbocycles. The summed E-state index contributed by atoms with van der Waals surface area (Å²) in [6, 6.07) is 11.4. The molecule has 0 atom stereocenters. The van der Waals surface area contributed by atoms with Crippen LogP contribution in [0.1, 0.15) is 27.3 Å². The van der Waals surface area contributed by atoms with E-state index in [1.165, 1.54) is 0 Å². The van der Waals surface area contributed by atoms with Crippen LogP contribution in [0, 0.1) is 13.8 Å². The van der Waals surface area contributed by atoms with Crippen molar-refractivity contribution in [2.24, 2.45) is 7.05 Å². The van der Waals surface area contributed by atoms with Crippen LogP contribution in [0.4, 0.5) is 0 Å². The topological polar surface area (TPSA) is 59.8 Å². The molecular formula is C19H20N4O. The van der Waals surface area contributed by atoms with Crippen molar-refractivity contribution in [3.8, 4) is 11.1 Å². The maximum atomic E-state index is 12.4. The molecule has 0 saturated carbocycles. The maximum Gasteiger partial charge on any atom is 0.251 e. The van der Waals surface area contributed by atoms with Crippen molar-refractivity contribution >= 4 is 5.91 Å². The Kier molecular flexibility index (Phi) is 4.42. The Morgan fingerprint density at radius 3 is 2.71 bits per heavy atom. The van der Waals surface area contributed by atoms with Crippen LogP contribution in [-0.2, 0) is 13.6 Å². The molecule has 0 aliphatic rings. The highest BCUT2D eigenvalue weighted by Gasteiger charge is 2.13. The first-order valence-corrected chi connectivity index (χ1v) is 7.84. The van der Waals surface area contributed by atoms with E-state index in [-0.39, 0.29) is 5.91 Å². The van der Waals surface area contributed by atoms with Crippen LogP contribution in [0.3, 0.4) is 0 Å². The highest BCUT2D eigenvalue weighted by molar-refractivity contribution is 5.95. The summed E-state index contributed by atoms with van der Waals surface area (Å²) < 4.78 is 1.86. The first-order valence-electron chi connectivity index (χ1n) is 7.84. The zero-order chi connectivity index (χ0) is 17.1. The molecule has 1 N–H and O–H groups in total. The molecule has 0 spiro atoms. The zero-order valence-electron chi connectivity index (χ0n) is 14.1. The van der Waals surface area contributed by atoms with Gasteiger partial charge in [0.25, 0.3) is 5.91 Å². The zero-order valence-corrected chi connectivity index (χ0v) is 14.1. The first kappa shape index (κ1) is 15.9. The van der Waals surface area contributed by atoms with Crippen molar-refractivity contribution in [2.45, 2.75) is 20.4 Å². The summed E-state index contributed by atoms with van der Waals surface area (Å²) in [6.07, 6.45) is 3.46. The first-order chi connectivity index (χ1) is 11.6. The standard InChI is InChI=1S/C19H20N4O/c1-13-18(14(2)23(3)22-13)16-7-4-8-17(10-16)19(24)21-12-15-6-5-9-20-11-15/h4-11H,12H2,1-3H3,(H,21,24). The summed E-state index contributed by atoms with van der Waals surface area (Å²) in [5, 5.41) is 7.38. The number of benzene rings is 1. The lowest BCUT2D eigenvalue weighted by molar-refractivity contribution is 0.0951. The van der Waals surface area contributed by atoms with E-state index in [0.29, 0.717) is 12.1 Å². The molecule has 0 aliphatic heterocycles. The second-order valence-electron chi connectivity index (χ2n) is 5.79. The Labute approximate surface area is 141 Å². The van der Waals surface area contributed by atoms with Crippen molar-refractivity contribution in [3.05, 3.63) is 71.3 Å². The van der Waals surface area contributed by atoms with Crippen molar-refractivity contribution in [2.75, 3.05) is 0 Å². The number of carbonyl (C=O) groups excluding carboxylic acids is 1. The smallest absolute Gasteiger partial charge is 0.251 e. The number of nitrogens with one attached hydrogen (secondary N) is 1. The van der Waals surface area contributed by atoms with Crippen LogP contribution in [0.15, 0.2) is 48.8 Å². The van der Waals surface area contributed by atoms with Crippen molar-refractivity contribution in [1.29, 1.82) is 0 Å². The van der Waals surface area contributed by atoms with Crippen LogP contribution in [0.5, 0.6) is 0 Å². The number of hydrogen-bond donors (Lipinski definition) is 1. The predicted octanol–water partition coefficient (Wildman–Crippen LogP) is 3.03. The molecule has 5 nitrogen and oxygen atoms in total. The normalized spacial score (nSPS) is 10.6. The molecule has 24 heavy (non-hydrogen) atoms. The summed E-state index contributed by atoms with van der Waals surface area (Å²) in [6.45, 7) is 4.48. The Morgan fingerprint density at radius 1 is 1.21 bits per heavy atom. The fourth-order valence-electron chi connectivity index (χ4n) is 2.79. The van der Waals surface area contributed by atoms with Crippen LogP contribution < -0.4 is 5.32 Å². The highest BCUT2D eigenvalue weighted by Crippen LogP contribution is 2.27. The summed E-state index contributed by atoms with van der Waals surface area (Å²) in [7, 11) is 1.93. The lowest BCUT2D eigenvalue weighted by atomic mass is 10.0. The van der Waals surface area contributed by atoms with Gasteiger partial charge in [0, 0.05) is 42.8 Å². The molecule has 3 aromatic rings. The maximum absolute atomic E-state index is 12.4. The van der Waals surface area contributed by atoms with Crippen LogP contribution in [0.2, 0.25) is 0 Å². The largest absolute Gasteiger partial charge is 0.348 e. The second-order valence-corrected chi connectivity index (χ2v) is 5.79. The van der Waals surface area contributed by atoms with Gasteiger partial charge in [0.1, 0.15) is 0 Å². The van der Waals surface area contributed by atoms with Gasteiger partial charge in [0.05, 0.1) is 5.69 Å². The summed E-state index contributed by atoms with van der Waals surface area (Å²) in [4.78, 5) is 16.5. The minimum absolute atomic E-state index is 0.0973. The van der Waals surface area contributed by atoms with Gasteiger partial charge in [-0.3, -0.25) is 14.5 Å². The van der Waals surface area contributed by atoms with Gasteiger partial charge in [-0.2, -0.15) is 5.10 Å². The number of hydrogen-bond acceptors (Lipinski definition) is 3. The molecule has 122 valence electrons. The van der Waals surface area contributed by atoms with E-state index in [1.807, 2.05) is 62.0 Å². The third-order valence-corrected chi connectivity index (χ3v) is 4.10. The van der Waals surface area contributed by atoms with E-state index in [9.17, 15) is 4.79 Å². The predicted molar refractivity (Wildman–Crippen MR) is 93.5 cm³/mol. The van der Waals surface area contributed by atoms with Gasteiger partial charge < -0.3 is 5.32 Å². The van der Waals surface area contributed by atoms with Gasteiger partial charge in [-0.05, 0) is 43.2 Å². The van der Waals surface area contributed by atoms with Gasteiger partial charge in [0.15, 0.2) is 0 Å². The number of pyridine rings is 1. The molecule has 0 bridgehead atoms. The molecule has 3 rings (SSSR count). The number of rotatable bonds is 4. The molecule has 5 heteroatoms. The molecule has 2 aromatic heterocycles. The number of aromatic nitrogens is 3. The molecule has 0 radical (unpaired) electrons. The van der Waals surface area contributed by atoms with Crippen LogP contribution in [-0.4, -0.2) is 20.7 Å². The summed E-state index contributed by atoms with van der Waals surface area (Å²) in [5.41, 5.74) is 5.75. The summed E-state index contributed by atoms with van der Waals surface area (Å²) >= 11 is 0. The molecule has 0 unspecified atom stereocenters. The summed E-state index contributed by atoms with van der Waals surface area (Å²) in [5.74, 6) is -0.0973. The highest BCUT2D eigenvalue weighted by atomic mass is 16.1. The molecule has 0 fully saturated rings. The molecule has 0 saturated heterocycles. The monoisotopic (exact) mass is 320 g/mol. The van der Waals surface area contributed by atoms with Gasteiger partial charge in [-0.1, -0.05) is 18.2 Å². The number of carbonyl (C=O) groups is 1. The van der Waals surface area contributed by atoms with E-state index in [4.69, 9.17) is 0 Å². The minimum Gasteiger partial charge on any atom is -0.348 e. The lowest BCUT2D eigenvalue weighted by Crippen LogP contribution is -2.22. The lowest BCUT2D eigenvalue weighted by Gasteiger charge is -2.08.